The Labute approximate surface area is 284 Å². The molecule has 50 heavy (non-hydrogen) atoms. The van der Waals surface area contributed by atoms with Crippen molar-refractivity contribution in [3.63, 3.8) is 0 Å². The van der Waals surface area contributed by atoms with E-state index in [0.717, 1.165) is 0 Å². The average molecular weight is 788 g/mol. The third kappa shape index (κ3) is 16.0. The lowest BCUT2D eigenvalue weighted by molar-refractivity contribution is -0.307. The summed E-state index contributed by atoms with van der Waals surface area (Å²) in [6.45, 7) is -0.764. The minimum absolute atomic E-state index is 0. The van der Waals surface area contributed by atoms with Gasteiger partial charge < -0.3 is 93.9 Å². The van der Waals surface area contributed by atoms with Crippen LogP contribution in [0.25, 0.3) is 0 Å². The number of hydrogen-bond donors (Lipinski definition) is 16. The van der Waals surface area contributed by atoms with Crippen molar-refractivity contribution in [1.29, 1.82) is 0 Å². The normalized spacial score (nSPS) is 37.7. The molecular weight excluding hydrogens is 738 g/mol. The Morgan fingerprint density at radius 3 is 1.68 bits per heavy atom. The molecule has 2 aliphatic heterocycles. The van der Waals surface area contributed by atoms with Gasteiger partial charge in [-0.1, -0.05) is 0 Å². The fourth-order valence-electron chi connectivity index (χ4n) is 4.84. The van der Waals surface area contributed by atoms with E-state index < -0.39 is 125 Å². The Morgan fingerprint density at radius 1 is 0.780 bits per heavy atom. The lowest BCUT2D eigenvalue weighted by Crippen LogP contribution is -2.69. The number of nitrogens with two attached hydrogens (primary N) is 4. The van der Waals surface area contributed by atoms with Crippen molar-refractivity contribution in [3.05, 3.63) is 0 Å². The predicted molar refractivity (Wildman–Crippen MR) is 161 cm³/mol. The van der Waals surface area contributed by atoms with Crippen molar-refractivity contribution in [1.82, 2.24) is 5.32 Å². The van der Waals surface area contributed by atoms with Gasteiger partial charge in [0.15, 0.2) is 12.6 Å². The molecule has 0 radical (unpaired) electrons. The van der Waals surface area contributed by atoms with Crippen LogP contribution in [-0.2, 0) is 44.5 Å². The molecule has 0 spiro atoms. The van der Waals surface area contributed by atoms with Gasteiger partial charge in [-0.25, -0.2) is 0 Å². The second-order valence-corrected chi connectivity index (χ2v) is 12.5. The number of aliphatic hydroxyl groups is 7. The fourth-order valence-corrected chi connectivity index (χ4v) is 4.84. The maximum absolute atomic E-state index is 12.4. The number of hydrogen-bond acceptors (Lipinski definition) is 20. The van der Waals surface area contributed by atoms with E-state index in [1.807, 2.05) is 0 Å². The Balaban J connectivity index is 0. The molecule has 3 aliphatic rings. The summed E-state index contributed by atoms with van der Waals surface area (Å²) in [5, 5.41) is 74.0. The summed E-state index contributed by atoms with van der Waals surface area (Å²) < 4.78 is 85.9. The molecule has 15 atom stereocenters. The second kappa shape index (κ2) is 21.9. The Morgan fingerprint density at radius 2 is 1.24 bits per heavy atom. The van der Waals surface area contributed by atoms with Crippen LogP contribution in [0.5, 0.6) is 0 Å². The highest BCUT2D eigenvalue weighted by Gasteiger charge is 2.53. The van der Waals surface area contributed by atoms with Gasteiger partial charge in [0.2, 0.25) is 5.91 Å². The van der Waals surface area contributed by atoms with Crippen LogP contribution in [0.4, 0.5) is 0 Å². The summed E-state index contributed by atoms with van der Waals surface area (Å²) in [6.07, 6.45) is -16.9. The van der Waals surface area contributed by atoms with Crippen LogP contribution in [0, 0.1) is 0 Å². The number of carbonyl (C=O) groups is 1. The largest absolute Gasteiger partial charge is 0.412 e. The van der Waals surface area contributed by atoms with Crippen LogP contribution in [-0.4, -0.2) is 199 Å². The van der Waals surface area contributed by atoms with Gasteiger partial charge in [0, 0.05) is 12.6 Å². The monoisotopic (exact) mass is 787 g/mol. The SMILES string of the molecule is NCCC(O)C(=O)N[C@@H]1C[C@H](N)[C@@H](O[C@H]2O[C@H](CN)[C@@H](O)[C@H](O)[C@H]2N)[C@H](O[C@@H]2O[C@H](CO)C(O)[C@H]2O)[C@H]1O.O.O.O=S(=O)(O)O.O=S(=O)(O)O. The summed E-state index contributed by atoms with van der Waals surface area (Å²) in [4.78, 5) is 12.4. The van der Waals surface area contributed by atoms with E-state index in [2.05, 4.69) is 5.32 Å². The van der Waals surface area contributed by atoms with Gasteiger partial charge in [-0.05, 0) is 19.4 Å². The average Bonchev–Trinajstić information content (AvgIpc) is 3.23. The molecule has 1 saturated carbocycles. The first-order valence-electron chi connectivity index (χ1n) is 13.9. The number of aliphatic hydroxyl groups excluding tert-OH is 7. The van der Waals surface area contributed by atoms with Crippen molar-refractivity contribution in [2.24, 2.45) is 22.9 Å². The van der Waals surface area contributed by atoms with E-state index in [1.54, 1.807) is 0 Å². The van der Waals surface area contributed by atoms with Gasteiger partial charge in [-0.15, -0.1) is 0 Å². The minimum Gasteiger partial charge on any atom is -0.412 e. The Bertz CT molecular complexity index is 1160. The lowest BCUT2D eigenvalue weighted by atomic mass is 9.83. The zero-order chi connectivity index (χ0) is 37.3. The van der Waals surface area contributed by atoms with Crippen LogP contribution in [0.1, 0.15) is 12.8 Å². The van der Waals surface area contributed by atoms with Crippen molar-refractivity contribution in [3.8, 4) is 0 Å². The molecule has 0 aromatic rings. The summed E-state index contributed by atoms with van der Waals surface area (Å²) >= 11 is 0. The third-order valence-electron chi connectivity index (χ3n) is 7.15. The van der Waals surface area contributed by atoms with Crippen LogP contribution < -0.4 is 28.3 Å². The van der Waals surface area contributed by atoms with Crippen LogP contribution in [0.3, 0.4) is 0 Å². The molecule has 0 aromatic heterocycles. The smallest absolute Gasteiger partial charge is 0.394 e. The van der Waals surface area contributed by atoms with Crippen LogP contribution in [0.2, 0.25) is 0 Å². The van der Waals surface area contributed by atoms with Gasteiger partial charge in [0.1, 0.15) is 61.0 Å². The van der Waals surface area contributed by atoms with Gasteiger partial charge >= 0.3 is 20.8 Å². The van der Waals surface area contributed by atoms with E-state index in [1.165, 1.54) is 0 Å². The molecule has 1 aliphatic carbocycles. The van der Waals surface area contributed by atoms with E-state index in [9.17, 15) is 40.5 Å². The molecule has 27 nitrogen and oxygen atoms in total. The molecule has 2 heterocycles. The topological polar surface area (TPSA) is 524 Å². The first-order chi connectivity index (χ1) is 21.9. The Hall–Kier alpha value is -1.47. The standard InChI is InChI=1S/C21H41N5O12.2H2O4S.2H2O/c22-2-1-8(28)19(34)26-7-3-6(24)17(37-20-11(25)15(32)13(30)9(4-23)35-20)18(12(7)29)38-21-16(33)14(31)10(5-27)36-21;2*1-5(2,3)4;;/h6-18,20-21,27-33H,1-5,22-25H2,(H,26,34);2*(H2,1,2,3,4);2*1H2/t6-,7+,8?,9+,10+,11+,12-,13+,14?,15+,16+,17+,18+,20+,21-;;;;/m0..../s1. The number of carbonyl (C=O) groups excluding carboxylic acids is 1. The number of amides is 1. The zero-order valence-electron chi connectivity index (χ0n) is 25.9. The predicted octanol–water partition coefficient (Wildman–Crippen LogP) is -10.7. The van der Waals surface area contributed by atoms with Gasteiger partial charge in [-0.2, -0.15) is 16.8 Å². The van der Waals surface area contributed by atoms with Gasteiger partial charge in [-0.3, -0.25) is 23.0 Å². The third-order valence-corrected chi connectivity index (χ3v) is 7.15. The van der Waals surface area contributed by atoms with Crippen molar-refractivity contribution >= 4 is 26.7 Å². The highest BCUT2D eigenvalue weighted by molar-refractivity contribution is 7.80. The van der Waals surface area contributed by atoms with Crippen molar-refractivity contribution in [2.45, 2.75) is 105 Å². The first kappa shape index (κ1) is 50.6. The highest BCUT2D eigenvalue weighted by atomic mass is 32.3. The molecule has 24 N–H and O–H groups in total. The maximum Gasteiger partial charge on any atom is 0.394 e. The zero-order valence-corrected chi connectivity index (χ0v) is 27.5. The molecule has 3 fully saturated rings. The van der Waals surface area contributed by atoms with Crippen molar-refractivity contribution in [2.75, 3.05) is 19.7 Å². The fraction of sp³-hybridized carbons (Fsp3) is 0.952. The molecule has 0 aromatic carbocycles. The highest BCUT2D eigenvalue weighted by Crippen LogP contribution is 2.32. The number of rotatable bonds is 10. The maximum atomic E-state index is 12.4. The van der Waals surface area contributed by atoms with Crippen LogP contribution in [0.15, 0.2) is 0 Å². The minimum atomic E-state index is -4.67. The molecule has 29 heteroatoms. The van der Waals surface area contributed by atoms with E-state index in [-0.39, 0.29) is 36.9 Å². The molecule has 3 rings (SSSR count). The number of nitrogens with one attached hydrogen (secondary N) is 1. The molecule has 0 bridgehead atoms. The molecular formula is C21H49N5O22S2. The second-order valence-electron chi connectivity index (χ2n) is 10.7. The first-order valence-corrected chi connectivity index (χ1v) is 16.7. The lowest BCUT2D eigenvalue weighted by Gasteiger charge is -2.48. The van der Waals surface area contributed by atoms with E-state index in [4.69, 9.17) is 76.9 Å². The van der Waals surface area contributed by atoms with Gasteiger partial charge in [0.05, 0.1) is 18.7 Å². The summed E-state index contributed by atoms with van der Waals surface area (Å²) in [5.41, 5.74) is 23.3. The van der Waals surface area contributed by atoms with Crippen LogP contribution >= 0.6 is 0 Å². The number of ether oxygens (including phenoxy) is 4. The van der Waals surface area contributed by atoms with Crippen molar-refractivity contribution < 1.29 is 105 Å². The summed E-state index contributed by atoms with van der Waals surface area (Å²) in [5.74, 6) is -0.807. The van der Waals surface area contributed by atoms with Gasteiger partial charge in [0.25, 0.3) is 0 Å². The molecule has 2 saturated heterocycles. The Kier molecular flexibility index (Phi) is 22.2. The molecule has 2 unspecified atom stereocenters. The quantitative estimate of drug-likeness (QED) is 0.0914. The van der Waals surface area contributed by atoms with E-state index in [0.29, 0.717) is 0 Å². The summed E-state index contributed by atoms with van der Waals surface area (Å²) in [6, 6.07) is -3.29. The molecule has 302 valence electrons. The summed E-state index contributed by atoms with van der Waals surface area (Å²) in [7, 11) is -9.33. The van der Waals surface area contributed by atoms with E-state index >= 15 is 0 Å². The molecule has 1 amide bonds.